The van der Waals surface area contributed by atoms with Gasteiger partial charge in [-0.25, -0.2) is 9.78 Å². The van der Waals surface area contributed by atoms with Crippen molar-refractivity contribution in [3.05, 3.63) is 59.2 Å². The Hall–Kier alpha value is -3.24. The minimum atomic E-state index is -0.229. The molecule has 0 radical (unpaired) electrons. The third-order valence-corrected chi connectivity index (χ3v) is 5.50. The highest BCUT2D eigenvalue weighted by Crippen LogP contribution is 2.21. The van der Waals surface area contributed by atoms with Crippen LogP contribution in [0.5, 0.6) is 0 Å². The quantitative estimate of drug-likeness (QED) is 0.388. The molecule has 0 bridgehead atoms. The van der Waals surface area contributed by atoms with E-state index in [9.17, 15) is 10.1 Å². The van der Waals surface area contributed by atoms with E-state index < -0.39 is 0 Å². The highest BCUT2D eigenvalue weighted by molar-refractivity contribution is 7.98. The minimum absolute atomic E-state index is 0.229. The average molecular weight is 421 g/mol. The maximum absolute atomic E-state index is 12.0. The van der Waals surface area contributed by atoms with E-state index in [1.807, 2.05) is 43.5 Å². The number of H-pyrrole nitrogens is 1. The predicted octanol–water partition coefficient (Wildman–Crippen LogP) is 4.49. The Balaban J connectivity index is 1.50. The smallest absolute Gasteiger partial charge is 0.319 e. The van der Waals surface area contributed by atoms with Crippen LogP contribution in [-0.4, -0.2) is 25.4 Å². The summed E-state index contributed by atoms with van der Waals surface area (Å²) in [6.07, 6.45) is 2.74. The molecule has 1 aromatic heterocycles. The number of benzene rings is 2. The summed E-state index contributed by atoms with van der Waals surface area (Å²) in [6.45, 7) is 5.25. The molecule has 0 atom stereocenters. The van der Waals surface area contributed by atoms with Crippen molar-refractivity contribution in [1.82, 2.24) is 5.32 Å². The van der Waals surface area contributed by atoms with E-state index in [4.69, 9.17) is 0 Å². The molecular weight excluding hydrogens is 394 g/mol. The van der Waals surface area contributed by atoms with Gasteiger partial charge in [0.05, 0.1) is 6.54 Å². The number of carbonyl (C=O) groups is 1. The van der Waals surface area contributed by atoms with Gasteiger partial charge in [0.15, 0.2) is 0 Å². The number of urea groups is 1. The average Bonchev–Trinajstić information content (AvgIpc) is 2.73. The van der Waals surface area contributed by atoms with Crippen LogP contribution >= 0.6 is 11.8 Å². The first-order valence-corrected chi connectivity index (χ1v) is 11.0. The molecule has 0 aliphatic rings. The lowest BCUT2D eigenvalue weighted by Gasteiger charge is -2.08. The fraction of sp³-hybridized carbons (Fsp3) is 0.261. The van der Waals surface area contributed by atoms with Gasteiger partial charge in [0.2, 0.25) is 0 Å². The Kier molecular flexibility index (Phi) is 7.15. The van der Waals surface area contributed by atoms with Crippen molar-refractivity contribution in [2.24, 2.45) is 0 Å². The number of carbonyl (C=O) groups excluding carboxylic acids is 1. The van der Waals surface area contributed by atoms with E-state index in [-0.39, 0.29) is 6.03 Å². The van der Waals surface area contributed by atoms with Crippen LogP contribution in [0.2, 0.25) is 0 Å². The van der Waals surface area contributed by atoms with Gasteiger partial charge < -0.3 is 10.6 Å². The summed E-state index contributed by atoms with van der Waals surface area (Å²) in [7, 11) is 0. The third kappa shape index (κ3) is 5.43. The Morgan fingerprint density at radius 2 is 1.90 bits per heavy atom. The fourth-order valence-corrected chi connectivity index (χ4v) is 3.68. The number of amides is 2. The van der Waals surface area contributed by atoms with Crippen LogP contribution in [-0.2, 0) is 0 Å². The van der Waals surface area contributed by atoms with Crippen molar-refractivity contribution < 1.29 is 9.78 Å². The van der Waals surface area contributed by atoms with Gasteiger partial charge in [-0.1, -0.05) is 6.07 Å². The Labute approximate surface area is 181 Å². The first kappa shape index (κ1) is 21.5. The molecule has 1 heterocycles. The molecule has 154 valence electrons. The second-order valence-electron chi connectivity index (χ2n) is 7.10. The highest BCUT2D eigenvalue weighted by atomic mass is 32.2. The molecule has 2 aromatic carbocycles. The minimum Gasteiger partial charge on any atom is -0.338 e. The number of rotatable bonds is 7. The lowest BCUT2D eigenvalue weighted by Crippen LogP contribution is -2.30. The monoisotopic (exact) mass is 420 g/mol. The predicted molar refractivity (Wildman–Crippen MR) is 123 cm³/mol. The number of fused-ring (bicyclic) bond motifs is 1. The number of nitriles is 1. The number of nitrogens with one attached hydrogen (secondary N) is 4. The molecule has 0 saturated carbocycles. The number of hydrogen-bond acceptors (Lipinski definition) is 4. The van der Waals surface area contributed by atoms with E-state index in [1.165, 1.54) is 5.56 Å². The zero-order valence-electron chi connectivity index (χ0n) is 17.4. The van der Waals surface area contributed by atoms with Crippen LogP contribution in [0.3, 0.4) is 0 Å². The number of anilines is 2. The van der Waals surface area contributed by atoms with Crippen molar-refractivity contribution in [3.8, 4) is 6.07 Å². The second kappa shape index (κ2) is 9.99. The van der Waals surface area contributed by atoms with E-state index in [1.54, 1.807) is 11.8 Å². The summed E-state index contributed by atoms with van der Waals surface area (Å²) in [5.74, 6) is 0.702. The molecule has 0 aliphatic carbocycles. The van der Waals surface area contributed by atoms with Crippen molar-refractivity contribution in [1.29, 1.82) is 5.26 Å². The van der Waals surface area contributed by atoms with E-state index in [2.05, 4.69) is 46.1 Å². The number of pyridine rings is 1. The van der Waals surface area contributed by atoms with Crippen molar-refractivity contribution in [2.75, 3.05) is 30.0 Å². The number of aromatic amines is 1. The summed E-state index contributed by atoms with van der Waals surface area (Å²) < 4.78 is 0. The van der Waals surface area contributed by atoms with Gasteiger partial charge >= 0.3 is 6.03 Å². The number of aromatic nitrogens is 1. The molecule has 3 rings (SSSR count). The van der Waals surface area contributed by atoms with Gasteiger partial charge in [-0.3, -0.25) is 5.32 Å². The number of thioether (sulfide) groups is 1. The fourth-order valence-electron chi connectivity index (χ4n) is 3.27. The zero-order chi connectivity index (χ0) is 21.5. The maximum atomic E-state index is 12.0. The topological polar surface area (TPSA) is 91.1 Å². The molecule has 0 saturated heterocycles. The molecule has 0 unspecified atom stereocenters. The van der Waals surface area contributed by atoms with Gasteiger partial charge in [0, 0.05) is 28.9 Å². The van der Waals surface area contributed by atoms with Gasteiger partial charge in [0.1, 0.15) is 17.1 Å². The SMILES string of the molecule is CSc1ccc(NC(=O)NCCCNc2[nH+]c3cc(C)cc(C)c3cc2C#N)cc1. The molecule has 2 amide bonds. The zero-order valence-corrected chi connectivity index (χ0v) is 18.2. The van der Waals surface area contributed by atoms with Crippen LogP contribution in [0.15, 0.2) is 47.4 Å². The summed E-state index contributed by atoms with van der Waals surface area (Å²) in [6, 6.07) is 15.8. The summed E-state index contributed by atoms with van der Waals surface area (Å²) in [4.78, 5) is 16.5. The first-order chi connectivity index (χ1) is 14.5. The van der Waals surface area contributed by atoms with Gasteiger partial charge in [-0.2, -0.15) is 5.26 Å². The Morgan fingerprint density at radius 1 is 1.13 bits per heavy atom. The molecule has 6 nitrogen and oxygen atoms in total. The van der Waals surface area contributed by atoms with E-state index in [0.29, 0.717) is 24.5 Å². The number of nitrogens with zero attached hydrogens (tertiary/aromatic N) is 1. The van der Waals surface area contributed by atoms with Crippen molar-refractivity contribution in [2.45, 2.75) is 25.2 Å². The van der Waals surface area contributed by atoms with Crippen molar-refractivity contribution in [3.63, 3.8) is 0 Å². The number of hydrogen-bond donors (Lipinski definition) is 3. The Bertz CT molecular complexity index is 1090. The summed E-state index contributed by atoms with van der Waals surface area (Å²) in [5.41, 5.74) is 4.65. The number of aryl methyl sites for hydroxylation is 2. The molecule has 0 aliphatic heterocycles. The first-order valence-electron chi connectivity index (χ1n) is 9.80. The molecule has 3 aromatic rings. The van der Waals surface area contributed by atoms with Crippen LogP contribution in [0.25, 0.3) is 10.9 Å². The molecule has 0 spiro atoms. The van der Waals surface area contributed by atoms with Crippen LogP contribution < -0.4 is 20.9 Å². The molecule has 0 fully saturated rings. The second-order valence-corrected chi connectivity index (χ2v) is 7.98. The van der Waals surface area contributed by atoms with Gasteiger partial charge in [-0.05, 0) is 67.6 Å². The normalized spacial score (nSPS) is 10.5. The molecular formula is C23H26N5OS+. The summed E-state index contributed by atoms with van der Waals surface area (Å²) in [5, 5.41) is 19.5. The van der Waals surface area contributed by atoms with Gasteiger partial charge in [-0.15, -0.1) is 11.8 Å². The largest absolute Gasteiger partial charge is 0.338 e. The van der Waals surface area contributed by atoms with Gasteiger partial charge in [0.25, 0.3) is 5.82 Å². The maximum Gasteiger partial charge on any atom is 0.319 e. The van der Waals surface area contributed by atoms with Crippen molar-refractivity contribution >= 4 is 40.2 Å². The highest BCUT2D eigenvalue weighted by Gasteiger charge is 2.13. The molecule has 30 heavy (non-hydrogen) atoms. The Morgan fingerprint density at radius 3 is 2.60 bits per heavy atom. The van der Waals surface area contributed by atoms with Crippen LogP contribution in [0.4, 0.5) is 16.3 Å². The lowest BCUT2D eigenvalue weighted by atomic mass is 10.0. The molecule has 4 N–H and O–H groups in total. The molecule has 7 heteroatoms. The van der Waals surface area contributed by atoms with Crippen LogP contribution in [0.1, 0.15) is 23.1 Å². The lowest BCUT2D eigenvalue weighted by molar-refractivity contribution is -0.327. The van der Waals surface area contributed by atoms with E-state index >= 15 is 0 Å². The van der Waals surface area contributed by atoms with Crippen LogP contribution in [0, 0.1) is 25.2 Å². The summed E-state index contributed by atoms with van der Waals surface area (Å²) >= 11 is 1.66. The van der Waals surface area contributed by atoms with E-state index in [0.717, 1.165) is 33.5 Å². The standard InChI is InChI=1S/C23H25N5OS/c1-15-11-16(2)20-13-17(14-24)22(28-21(20)12-15)25-9-4-10-26-23(29)27-18-5-7-19(30-3)8-6-18/h5-8,11-13H,4,9-10H2,1-3H3,(H,25,28)(H2,26,27,29)/p+1. The third-order valence-electron chi connectivity index (χ3n) is 4.76.